The van der Waals surface area contributed by atoms with E-state index >= 15 is 0 Å². The number of rotatable bonds is 2. The molecule has 5 aliphatic rings. The van der Waals surface area contributed by atoms with Crippen molar-refractivity contribution in [1.82, 2.24) is 10.2 Å². The zero-order chi connectivity index (χ0) is 15.3. The molecule has 4 bridgehead atoms. The molecule has 1 heterocycles. The summed E-state index contributed by atoms with van der Waals surface area (Å²) in [6.07, 6.45) is 8.76. The fourth-order valence-corrected chi connectivity index (χ4v) is 6.23. The maximum Gasteiger partial charge on any atom is 0.317 e. The molecule has 0 radical (unpaired) electrons. The first-order valence-electron chi connectivity index (χ1n) is 9.19. The molecule has 5 fully saturated rings. The summed E-state index contributed by atoms with van der Waals surface area (Å²) in [6.45, 7) is 6.44. The molecule has 0 aromatic carbocycles. The predicted molar refractivity (Wildman–Crippen MR) is 85.6 cm³/mol. The van der Waals surface area contributed by atoms with E-state index in [1.807, 2.05) is 4.90 Å². The predicted octanol–water partition coefficient (Wildman–Crippen LogP) is 3.02. The molecule has 2 amide bonds. The first kappa shape index (κ1) is 14.8. The summed E-state index contributed by atoms with van der Waals surface area (Å²) < 4.78 is 5.72. The third kappa shape index (κ3) is 2.75. The van der Waals surface area contributed by atoms with Crippen LogP contribution < -0.4 is 5.32 Å². The summed E-state index contributed by atoms with van der Waals surface area (Å²) in [5.41, 5.74) is 0.425. The number of hydrogen-bond donors (Lipinski definition) is 1. The Balaban J connectivity index is 1.35. The molecule has 4 heteroatoms. The maximum atomic E-state index is 12.5. The number of urea groups is 1. The fraction of sp³-hybridized carbons (Fsp3) is 0.944. The highest BCUT2D eigenvalue weighted by Gasteiger charge is 2.50. The molecule has 22 heavy (non-hydrogen) atoms. The van der Waals surface area contributed by atoms with Crippen LogP contribution in [0.25, 0.3) is 0 Å². The number of nitrogens with one attached hydrogen (secondary N) is 1. The van der Waals surface area contributed by atoms with Crippen LogP contribution in [-0.4, -0.2) is 42.8 Å². The second-order valence-electron chi connectivity index (χ2n) is 8.74. The smallest absolute Gasteiger partial charge is 0.317 e. The Bertz CT molecular complexity index is 405. The molecule has 1 aliphatic heterocycles. The number of carbonyl (C=O) groups is 1. The minimum absolute atomic E-state index is 0.123. The molecule has 0 aromatic rings. The lowest BCUT2D eigenvalue weighted by atomic mass is 9.49. The van der Waals surface area contributed by atoms with E-state index in [1.165, 1.54) is 38.5 Å². The summed E-state index contributed by atoms with van der Waals surface area (Å²) in [5.74, 6) is 2.85. The van der Waals surface area contributed by atoms with Crippen molar-refractivity contribution in [2.45, 2.75) is 64.6 Å². The van der Waals surface area contributed by atoms with Gasteiger partial charge >= 0.3 is 6.03 Å². The van der Waals surface area contributed by atoms with Crippen molar-refractivity contribution in [2.75, 3.05) is 19.6 Å². The highest BCUT2D eigenvalue weighted by molar-refractivity contribution is 5.74. The lowest BCUT2D eigenvalue weighted by molar-refractivity contribution is -0.0596. The first-order valence-corrected chi connectivity index (χ1v) is 9.19. The Hall–Kier alpha value is -0.770. The van der Waals surface area contributed by atoms with E-state index in [0.717, 1.165) is 37.4 Å². The van der Waals surface area contributed by atoms with Crippen molar-refractivity contribution >= 4 is 6.03 Å². The quantitative estimate of drug-likeness (QED) is 0.852. The van der Waals surface area contributed by atoms with Crippen molar-refractivity contribution in [3.8, 4) is 0 Å². The summed E-state index contributed by atoms with van der Waals surface area (Å²) in [7, 11) is 0. The van der Waals surface area contributed by atoms with E-state index in [0.29, 0.717) is 5.41 Å². The summed E-state index contributed by atoms with van der Waals surface area (Å²) in [5, 5.41) is 3.28. The Morgan fingerprint density at radius 1 is 1.05 bits per heavy atom. The minimum Gasteiger partial charge on any atom is -0.372 e. The van der Waals surface area contributed by atoms with E-state index in [-0.39, 0.29) is 18.2 Å². The van der Waals surface area contributed by atoms with Crippen LogP contribution >= 0.6 is 0 Å². The molecular formula is C18H30N2O2. The SMILES string of the molecule is CC1CN(C(=O)NCC23CC4CC(CC(C4)C2)C3)CC(C)O1. The number of morpholine rings is 1. The van der Waals surface area contributed by atoms with Gasteiger partial charge in [0.05, 0.1) is 12.2 Å². The molecule has 4 saturated carbocycles. The zero-order valence-electron chi connectivity index (χ0n) is 14.0. The average molecular weight is 306 g/mol. The van der Waals surface area contributed by atoms with Gasteiger partial charge in [0.15, 0.2) is 0 Å². The van der Waals surface area contributed by atoms with Gasteiger partial charge in [-0.2, -0.15) is 0 Å². The van der Waals surface area contributed by atoms with Gasteiger partial charge in [-0.15, -0.1) is 0 Å². The first-order chi connectivity index (χ1) is 10.5. The van der Waals surface area contributed by atoms with Crippen LogP contribution in [0.15, 0.2) is 0 Å². The maximum absolute atomic E-state index is 12.5. The molecule has 2 unspecified atom stereocenters. The van der Waals surface area contributed by atoms with Crippen LogP contribution in [0.5, 0.6) is 0 Å². The number of carbonyl (C=O) groups excluding carboxylic acids is 1. The Labute approximate surface area is 134 Å². The van der Waals surface area contributed by atoms with Crippen molar-refractivity contribution in [2.24, 2.45) is 23.2 Å². The summed E-state index contributed by atoms with van der Waals surface area (Å²) in [4.78, 5) is 14.5. The van der Waals surface area contributed by atoms with E-state index in [2.05, 4.69) is 19.2 Å². The topological polar surface area (TPSA) is 41.6 Å². The van der Waals surface area contributed by atoms with Gasteiger partial charge in [0, 0.05) is 19.6 Å². The molecule has 2 atom stereocenters. The molecule has 5 rings (SSSR count). The molecule has 0 aromatic heterocycles. The van der Waals surface area contributed by atoms with Gasteiger partial charge in [0.25, 0.3) is 0 Å². The van der Waals surface area contributed by atoms with Gasteiger partial charge in [-0.05, 0) is 75.5 Å². The molecule has 124 valence electrons. The van der Waals surface area contributed by atoms with Crippen molar-refractivity contribution in [3.05, 3.63) is 0 Å². The Morgan fingerprint density at radius 2 is 1.55 bits per heavy atom. The monoisotopic (exact) mass is 306 g/mol. The third-order valence-corrected chi connectivity index (χ3v) is 6.49. The molecule has 1 N–H and O–H groups in total. The second kappa shape index (κ2) is 5.40. The Morgan fingerprint density at radius 3 is 2.05 bits per heavy atom. The molecule has 4 aliphatic carbocycles. The number of amides is 2. The van der Waals surface area contributed by atoms with Crippen LogP contribution in [-0.2, 0) is 4.74 Å². The molecule has 4 nitrogen and oxygen atoms in total. The van der Waals surface area contributed by atoms with Crippen LogP contribution in [0.4, 0.5) is 4.79 Å². The normalized spacial score (nSPS) is 46.8. The number of ether oxygens (including phenoxy) is 1. The molecular weight excluding hydrogens is 276 g/mol. The lowest BCUT2D eigenvalue weighted by Crippen LogP contribution is -2.55. The van der Waals surface area contributed by atoms with Gasteiger partial charge in [-0.3, -0.25) is 0 Å². The molecule has 1 saturated heterocycles. The van der Waals surface area contributed by atoms with Gasteiger partial charge in [-0.25, -0.2) is 4.79 Å². The fourth-order valence-electron chi connectivity index (χ4n) is 6.23. The number of nitrogens with zero attached hydrogens (tertiary/aromatic N) is 1. The summed E-state index contributed by atoms with van der Waals surface area (Å²) >= 11 is 0. The minimum atomic E-state index is 0.123. The van der Waals surface area contributed by atoms with Crippen LogP contribution in [0, 0.1) is 23.2 Å². The second-order valence-corrected chi connectivity index (χ2v) is 8.74. The summed E-state index contributed by atoms with van der Waals surface area (Å²) in [6, 6.07) is 0.123. The largest absolute Gasteiger partial charge is 0.372 e. The van der Waals surface area contributed by atoms with E-state index in [1.54, 1.807) is 0 Å². The van der Waals surface area contributed by atoms with Gasteiger partial charge in [0.2, 0.25) is 0 Å². The highest BCUT2D eigenvalue weighted by atomic mass is 16.5. The van der Waals surface area contributed by atoms with Crippen molar-refractivity contribution in [3.63, 3.8) is 0 Å². The van der Waals surface area contributed by atoms with Crippen LogP contribution in [0.2, 0.25) is 0 Å². The van der Waals surface area contributed by atoms with Crippen LogP contribution in [0.3, 0.4) is 0 Å². The average Bonchev–Trinajstić information content (AvgIpc) is 2.42. The Kier molecular flexibility index (Phi) is 3.63. The highest BCUT2D eigenvalue weighted by Crippen LogP contribution is 2.59. The van der Waals surface area contributed by atoms with Gasteiger partial charge < -0.3 is 15.0 Å². The zero-order valence-corrected chi connectivity index (χ0v) is 14.0. The van der Waals surface area contributed by atoms with E-state index in [9.17, 15) is 4.79 Å². The molecule has 0 spiro atoms. The van der Waals surface area contributed by atoms with E-state index in [4.69, 9.17) is 4.74 Å². The van der Waals surface area contributed by atoms with Crippen LogP contribution in [0.1, 0.15) is 52.4 Å². The number of hydrogen-bond acceptors (Lipinski definition) is 2. The van der Waals surface area contributed by atoms with Crippen molar-refractivity contribution in [1.29, 1.82) is 0 Å². The van der Waals surface area contributed by atoms with Gasteiger partial charge in [-0.1, -0.05) is 0 Å². The standard InChI is InChI=1S/C18H30N2O2/c1-12-9-20(10-13(2)22-12)17(21)19-11-18-6-14-3-15(7-18)5-16(4-14)8-18/h12-16H,3-11H2,1-2H3,(H,19,21). The third-order valence-electron chi connectivity index (χ3n) is 6.49. The lowest BCUT2D eigenvalue weighted by Gasteiger charge is -2.57. The van der Waals surface area contributed by atoms with E-state index < -0.39 is 0 Å². The van der Waals surface area contributed by atoms with Crippen molar-refractivity contribution < 1.29 is 9.53 Å². The van der Waals surface area contributed by atoms with Gasteiger partial charge in [0.1, 0.15) is 0 Å².